The summed E-state index contributed by atoms with van der Waals surface area (Å²) in [5, 5.41) is 8.55. The molecule has 1 N–H and O–H groups in total. The minimum atomic E-state index is -0.102. The molecule has 1 nitrogen and oxygen atoms in total. The van der Waals surface area contributed by atoms with Gasteiger partial charge in [-0.05, 0) is 19.8 Å². The summed E-state index contributed by atoms with van der Waals surface area (Å²) < 4.78 is 0. The van der Waals surface area contributed by atoms with Crippen molar-refractivity contribution in [2.24, 2.45) is 0 Å². The van der Waals surface area contributed by atoms with Crippen LogP contribution >= 0.6 is 0 Å². The van der Waals surface area contributed by atoms with Crippen molar-refractivity contribution in [2.45, 2.75) is 52.6 Å². The van der Waals surface area contributed by atoms with Crippen LogP contribution < -0.4 is 0 Å². The molecule has 1 unspecified atom stereocenters. The summed E-state index contributed by atoms with van der Waals surface area (Å²) in [6.07, 6.45) is 6.22. The van der Waals surface area contributed by atoms with Gasteiger partial charge in [-0.3, -0.25) is 0 Å². The average molecular weight is 158 g/mol. The van der Waals surface area contributed by atoms with E-state index in [1.54, 1.807) is 0 Å². The third kappa shape index (κ3) is 26.0. The van der Waals surface area contributed by atoms with Crippen molar-refractivity contribution in [3.8, 4) is 0 Å². The van der Waals surface area contributed by atoms with Gasteiger partial charge in [0.15, 0.2) is 0 Å². The smallest absolute Gasteiger partial charge is 0.0512 e. The largest absolute Gasteiger partial charge is 0.393 e. The van der Waals surface area contributed by atoms with Crippen LogP contribution in [0.1, 0.15) is 46.5 Å². The third-order valence-electron chi connectivity index (χ3n) is 1.20. The van der Waals surface area contributed by atoms with Crippen LogP contribution in [-0.2, 0) is 0 Å². The molecule has 0 radical (unpaired) electrons. The van der Waals surface area contributed by atoms with Crippen LogP contribution in [0, 0.1) is 0 Å². The molecule has 0 amide bonds. The number of allylic oxidation sites excluding steroid dienone is 1. The van der Waals surface area contributed by atoms with Crippen LogP contribution in [0.25, 0.3) is 0 Å². The first-order chi connectivity index (χ1) is 5.18. The topological polar surface area (TPSA) is 20.2 Å². The fourth-order valence-corrected chi connectivity index (χ4v) is 0.622. The van der Waals surface area contributed by atoms with Gasteiger partial charge in [-0.1, -0.05) is 32.8 Å². The Morgan fingerprint density at radius 2 is 1.91 bits per heavy atom. The van der Waals surface area contributed by atoms with Crippen molar-refractivity contribution in [3.63, 3.8) is 0 Å². The van der Waals surface area contributed by atoms with Crippen molar-refractivity contribution in [1.82, 2.24) is 0 Å². The molecule has 0 bridgehead atoms. The van der Waals surface area contributed by atoms with Crippen LogP contribution in [0.3, 0.4) is 0 Å². The summed E-state index contributed by atoms with van der Waals surface area (Å²) in [6, 6.07) is 0. The lowest BCUT2D eigenvalue weighted by molar-refractivity contribution is 0.183. The first-order valence-electron chi connectivity index (χ1n) is 4.47. The third-order valence-corrected chi connectivity index (χ3v) is 1.20. The van der Waals surface area contributed by atoms with Gasteiger partial charge in [-0.25, -0.2) is 0 Å². The number of unbranched alkanes of at least 4 members (excludes halogenated alkanes) is 1. The van der Waals surface area contributed by atoms with Gasteiger partial charge in [0.2, 0.25) is 0 Å². The maximum absolute atomic E-state index is 8.55. The maximum atomic E-state index is 8.55. The maximum Gasteiger partial charge on any atom is 0.0512 e. The molecule has 11 heavy (non-hydrogen) atoms. The second-order valence-electron chi connectivity index (χ2n) is 2.72. The Bertz CT molecular complexity index is 67.3. The molecule has 1 atom stereocenters. The Balaban J connectivity index is 0. The molecule has 0 rings (SSSR count). The van der Waals surface area contributed by atoms with E-state index in [-0.39, 0.29) is 6.10 Å². The van der Waals surface area contributed by atoms with Crippen molar-refractivity contribution in [3.05, 3.63) is 12.7 Å². The van der Waals surface area contributed by atoms with Crippen molar-refractivity contribution in [2.75, 3.05) is 0 Å². The zero-order chi connectivity index (χ0) is 9.11. The molecular weight excluding hydrogens is 136 g/mol. The number of aliphatic hydroxyl groups is 1. The van der Waals surface area contributed by atoms with E-state index in [1.807, 2.05) is 13.0 Å². The fourth-order valence-electron chi connectivity index (χ4n) is 0.622. The highest BCUT2D eigenvalue weighted by atomic mass is 16.3. The van der Waals surface area contributed by atoms with Gasteiger partial charge in [0.05, 0.1) is 6.10 Å². The Labute approximate surface area is 71.1 Å². The van der Waals surface area contributed by atoms with Gasteiger partial charge in [-0.15, -0.1) is 6.58 Å². The average Bonchev–Trinajstić information content (AvgIpc) is 1.90. The second kappa shape index (κ2) is 12.4. The van der Waals surface area contributed by atoms with Gasteiger partial charge in [-0.2, -0.15) is 0 Å². The lowest BCUT2D eigenvalue weighted by Gasteiger charge is -1.95. The van der Waals surface area contributed by atoms with Crippen molar-refractivity contribution in [1.29, 1.82) is 0 Å². The van der Waals surface area contributed by atoms with E-state index in [0.29, 0.717) is 0 Å². The van der Waals surface area contributed by atoms with E-state index in [0.717, 1.165) is 19.3 Å². The molecule has 0 fully saturated rings. The van der Waals surface area contributed by atoms with E-state index in [4.69, 9.17) is 5.11 Å². The molecule has 0 heterocycles. The zero-order valence-electron chi connectivity index (χ0n) is 8.14. The van der Waals surface area contributed by atoms with Gasteiger partial charge >= 0.3 is 0 Å². The second-order valence-corrected chi connectivity index (χ2v) is 2.72. The number of hydrogen-bond donors (Lipinski definition) is 1. The first kappa shape index (κ1) is 13.3. The van der Waals surface area contributed by atoms with E-state index in [9.17, 15) is 0 Å². The van der Waals surface area contributed by atoms with Gasteiger partial charge < -0.3 is 5.11 Å². The first-order valence-corrected chi connectivity index (χ1v) is 4.47. The predicted molar refractivity (Wildman–Crippen MR) is 51.7 cm³/mol. The summed E-state index contributed by atoms with van der Waals surface area (Å²) in [5.41, 5.74) is 0. The molecule has 0 spiro atoms. The predicted octanol–water partition coefficient (Wildman–Crippen LogP) is 3.14. The molecular formula is C10H22O. The molecule has 0 aromatic heterocycles. The summed E-state index contributed by atoms with van der Waals surface area (Å²) >= 11 is 0. The number of rotatable bonds is 4. The van der Waals surface area contributed by atoms with Crippen molar-refractivity contribution >= 4 is 0 Å². The van der Waals surface area contributed by atoms with E-state index in [1.165, 1.54) is 6.42 Å². The van der Waals surface area contributed by atoms with Crippen molar-refractivity contribution < 1.29 is 5.11 Å². The van der Waals surface area contributed by atoms with Crippen LogP contribution in [0.4, 0.5) is 0 Å². The summed E-state index contributed by atoms with van der Waals surface area (Å²) in [5.74, 6) is 0. The van der Waals surface area contributed by atoms with E-state index >= 15 is 0 Å². The van der Waals surface area contributed by atoms with Gasteiger partial charge in [0, 0.05) is 0 Å². The van der Waals surface area contributed by atoms with Crippen LogP contribution in [0.2, 0.25) is 0 Å². The van der Waals surface area contributed by atoms with Crippen LogP contribution in [-0.4, -0.2) is 11.2 Å². The summed E-state index contributed by atoms with van der Waals surface area (Å²) in [6.45, 7) is 9.56. The molecule has 1 heteroatoms. The van der Waals surface area contributed by atoms with Gasteiger partial charge in [0.25, 0.3) is 0 Å². The highest BCUT2D eigenvalue weighted by molar-refractivity contribution is 4.63. The SMILES string of the molecule is C=CCCC.CCCC(C)O. The molecule has 0 aliphatic carbocycles. The minimum Gasteiger partial charge on any atom is -0.393 e. The minimum absolute atomic E-state index is 0.102. The molecule has 0 aliphatic rings. The Morgan fingerprint density at radius 3 is 1.91 bits per heavy atom. The quantitative estimate of drug-likeness (QED) is 0.623. The Kier molecular flexibility index (Phi) is 15.0. The van der Waals surface area contributed by atoms with E-state index in [2.05, 4.69) is 20.4 Å². The molecule has 0 aliphatic heterocycles. The summed E-state index contributed by atoms with van der Waals surface area (Å²) in [7, 11) is 0. The van der Waals surface area contributed by atoms with E-state index < -0.39 is 0 Å². The molecule has 0 saturated heterocycles. The lowest BCUT2D eigenvalue weighted by Crippen LogP contribution is -1.95. The van der Waals surface area contributed by atoms with Crippen LogP contribution in [0.15, 0.2) is 12.7 Å². The lowest BCUT2D eigenvalue weighted by atomic mass is 10.2. The van der Waals surface area contributed by atoms with Gasteiger partial charge in [0.1, 0.15) is 0 Å². The Hall–Kier alpha value is -0.300. The molecule has 0 aromatic rings. The number of aliphatic hydroxyl groups excluding tert-OH is 1. The zero-order valence-corrected chi connectivity index (χ0v) is 8.14. The normalized spacial score (nSPS) is 11.3. The Morgan fingerprint density at radius 1 is 1.36 bits per heavy atom. The highest BCUT2D eigenvalue weighted by Gasteiger charge is 1.87. The number of hydrogen-bond acceptors (Lipinski definition) is 1. The summed E-state index contributed by atoms with van der Waals surface area (Å²) in [4.78, 5) is 0. The molecule has 68 valence electrons. The molecule has 0 saturated carbocycles. The monoisotopic (exact) mass is 158 g/mol. The highest BCUT2D eigenvalue weighted by Crippen LogP contribution is 1.91. The fraction of sp³-hybridized carbons (Fsp3) is 0.800. The standard InChI is InChI=1S/C5H12O.C5H10/c1-3-4-5(2)6;1-3-5-4-2/h5-6H,3-4H2,1-2H3;3H,1,4-5H2,2H3. The van der Waals surface area contributed by atoms with Crippen LogP contribution in [0.5, 0.6) is 0 Å². The molecule has 0 aromatic carbocycles.